The SMILES string of the molecule is Cl.Cl.O[C@@H]1CCCN[C@@H]1CCCn1cnc2c(Cl)c(Cl)ccc21. The minimum absolute atomic E-state index is 0. The van der Waals surface area contributed by atoms with Crippen molar-refractivity contribution in [1.29, 1.82) is 0 Å². The molecule has 0 saturated carbocycles. The van der Waals surface area contributed by atoms with Gasteiger partial charge in [-0.2, -0.15) is 0 Å². The van der Waals surface area contributed by atoms with E-state index in [0.717, 1.165) is 49.8 Å². The molecule has 1 saturated heterocycles. The summed E-state index contributed by atoms with van der Waals surface area (Å²) in [5.41, 5.74) is 1.75. The van der Waals surface area contributed by atoms with E-state index < -0.39 is 0 Å². The van der Waals surface area contributed by atoms with Crippen molar-refractivity contribution < 1.29 is 5.11 Å². The summed E-state index contributed by atoms with van der Waals surface area (Å²) >= 11 is 12.2. The molecular formula is C15H21Cl4N3O. The van der Waals surface area contributed by atoms with Crippen molar-refractivity contribution in [3.8, 4) is 0 Å². The number of fused-ring (bicyclic) bond motifs is 1. The van der Waals surface area contributed by atoms with E-state index in [1.54, 1.807) is 12.4 Å². The Bertz CT molecular complexity index is 634. The highest BCUT2D eigenvalue weighted by Gasteiger charge is 2.21. The minimum atomic E-state index is -0.216. The van der Waals surface area contributed by atoms with Gasteiger partial charge >= 0.3 is 0 Å². The van der Waals surface area contributed by atoms with Crippen molar-refractivity contribution in [3.05, 3.63) is 28.5 Å². The number of nitrogens with zero attached hydrogens (tertiary/aromatic N) is 2. The fourth-order valence-electron chi connectivity index (χ4n) is 2.96. The van der Waals surface area contributed by atoms with Crippen LogP contribution in [0.15, 0.2) is 18.5 Å². The lowest BCUT2D eigenvalue weighted by Gasteiger charge is -2.29. The maximum absolute atomic E-state index is 9.95. The van der Waals surface area contributed by atoms with Gasteiger partial charge in [0.25, 0.3) is 0 Å². The van der Waals surface area contributed by atoms with Gasteiger partial charge in [0, 0.05) is 12.6 Å². The predicted molar refractivity (Wildman–Crippen MR) is 101 cm³/mol. The third-order valence-electron chi connectivity index (χ3n) is 4.15. The van der Waals surface area contributed by atoms with Crippen LogP contribution >= 0.6 is 48.0 Å². The first kappa shape index (κ1) is 20.8. The van der Waals surface area contributed by atoms with E-state index in [9.17, 15) is 5.11 Å². The fourth-order valence-corrected chi connectivity index (χ4v) is 3.33. The van der Waals surface area contributed by atoms with Crippen LogP contribution in [0.3, 0.4) is 0 Å². The third kappa shape index (κ3) is 4.65. The van der Waals surface area contributed by atoms with Crippen LogP contribution in [0.4, 0.5) is 0 Å². The number of halogens is 4. The van der Waals surface area contributed by atoms with E-state index in [1.807, 2.05) is 6.07 Å². The summed E-state index contributed by atoms with van der Waals surface area (Å²) in [5, 5.41) is 14.4. The molecule has 0 amide bonds. The van der Waals surface area contributed by atoms with Gasteiger partial charge in [0.15, 0.2) is 0 Å². The number of piperidine rings is 1. The molecule has 0 radical (unpaired) electrons. The monoisotopic (exact) mass is 399 g/mol. The van der Waals surface area contributed by atoms with Crippen LogP contribution in [0.5, 0.6) is 0 Å². The zero-order valence-corrected chi connectivity index (χ0v) is 15.7. The lowest BCUT2D eigenvalue weighted by molar-refractivity contribution is 0.0909. The number of rotatable bonds is 4. The highest BCUT2D eigenvalue weighted by molar-refractivity contribution is 6.44. The van der Waals surface area contributed by atoms with E-state index in [0.29, 0.717) is 10.0 Å². The Labute approximate surface area is 158 Å². The van der Waals surface area contributed by atoms with E-state index in [1.165, 1.54) is 0 Å². The molecule has 2 aromatic rings. The third-order valence-corrected chi connectivity index (χ3v) is 4.94. The quantitative estimate of drug-likeness (QED) is 0.812. The summed E-state index contributed by atoms with van der Waals surface area (Å²) in [4.78, 5) is 4.34. The van der Waals surface area contributed by atoms with Gasteiger partial charge in [-0.15, -0.1) is 24.8 Å². The molecule has 1 aromatic carbocycles. The Morgan fingerprint density at radius 2 is 2.09 bits per heavy atom. The molecule has 0 spiro atoms. The van der Waals surface area contributed by atoms with Crippen LogP contribution in [0.25, 0.3) is 11.0 Å². The second-order valence-electron chi connectivity index (χ2n) is 5.58. The number of aliphatic hydroxyl groups is 1. The Hall–Kier alpha value is -0.230. The lowest BCUT2D eigenvalue weighted by Crippen LogP contribution is -2.44. The largest absolute Gasteiger partial charge is 0.392 e. The second kappa shape index (κ2) is 9.30. The van der Waals surface area contributed by atoms with Crippen molar-refractivity contribution in [2.75, 3.05) is 6.54 Å². The molecule has 1 aliphatic rings. The molecule has 0 unspecified atom stereocenters. The number of benzene rings is 1. The standard InChI is InChI=1S/C15H19Cl2N3O.2ClH/c16-10-5-6-12-15(14(10)17)19-9-20(12)8-2-3-11-13(21)4-1-7-18-11;;/h5-6,9,11,13,18,21H,1-4,7-8H2;2*1H/t11-,13-;;/m1../s1. The number of imidazole rings is 1. The normalized spacial score (nSPS) is 20.8. The molecule has 3 rings (SSSR count). The van der Waals surface area contributed by atoms with E-state index in [-0.39, 0.29) is 37.0 Å². The highest BCUT2D eigenvalue weighted by atomic mass is 35.5. The first-order valence-corrected chi connectivity index (χ1v) is 8.12. The summed E-state index contributed by atoms with van der Waals surface area (Å²) in [7, 11) is 0. The van der Waals surface area contributed by atoms with Crippen LogP contribution in [-0.4, -0.2) is 33.3 Å². The second-order valence-corrected chi connectivity index (χ2v) is 6.36. The molecule has 2 atom stereocenters. The topological polar surface area (TPSA) is 50.1 Å². The Morgan fingerprint density at radius 3 is 2.83 bits per heavy atom. The van der Waals surface area contributed by atoms with Gasteiger partial charge in [0.2, 0.25) is 0 Å². The molecule has 1 aromatic heterocycles. The number of aromatic nitrogens is 2. The molecule has 2 N–H and O–H groups in total. The van der Waals surface area contributed by atoms with Gasteiger partial charge in [-0.25, -0.2) is 4.98 Å². The molecular weight excluding hydrogens is 380 g/mol. The van der Waals surface area contributed by atoms with Crippen molar-refractivity contribution in [2.24, 2.45) is 0 Å². The number of hydrogen-bond donors (Lipinski definition) is 2. The minimum Gasteiger partial charge on any atom is -0.392 e. The summed E-state index contributed by atoms with van der Waals surface area (Å²) in [6.07, 6.45) is 5.50. The van der Waals surface area contributed by atoms with Crippen LogP contribution in [0.2, 0.25) is 10.0 Å². The highest BCUT2D eigenvalue weighted by Crippen LogP contribution is 2.29. The Morgan fingerprint density at radius 1 is 1.30 bits per heavy atom. The van der Waals surface area contributed by atoms with Crippen molar-refractivity contribution in [2.45, 2.75) is 44.4 Å². The number of aliphatic hydroxyl groups excluding tert-OH is 1. The predicted octanol–water partition coefficient (Wildman–Crippen LogP) is 4.08. The Kier molecular flexibility index (Phi) is 8.42. The summed E-state index contributed by atoms with van der Waals surface area (Å²) in [5.74, 6) is 0. The first-order chi connectivity index (χ1) is 10.2. The lowest BCUT2D eigenvalue weighted by atomic mass is 9.97. The average Bonchev–Trinajstić information content (AvgIpc) is 2.89. The number of nitrogens with one attached hydrogen (secondary N) is 1. The molecule has 23 heavy (non-hydrogen) atoms. The fraction of sp³-hybridized carbons (Fsp3) is 0.533. The average molecular weight is 401 g/mol. The molecule has 0 bridgehead atoms. The number of hydrogen-bond acceptors (Lipinski definition) is 3. The smallest absolute Gasteiger partial charge is 0.109 e. The molecule has 8 heteroatoms. The Balaban J connectivity index is 0.00000132. The number of aryl methyl sites for hydroxylation is 1. The van der Waals surface area contributed by atoms with Crippen LogP contribution in [-0.2, 0) is 6.54 Å². The molecule has 1 aliphatic heterocycles. The van der Waals surface area contributed by atoms with Gasteiger partial charge in [-0.1, -0.05) is 23.2 Å². The van der Waals surface area contributed by atoms with Crippen LogP contribution in [0.1, 0.15) is 25.7 Å². The van der Waals surface area contributed by atoms with E-state index >= 15 is 0 Å². The van der Waals surface area contributed by atoms with Gasteiger partial charge in [0.05, 0.1) is 28.0 Å². The van der Waals surface area contributed by atoms with Gasteiger partial charge in [0.1, 0.15) is 5.52 Å². The van der Waals surface area contributed by atoms with Crippen LogP contribution < -0.4 is 5.32 Å². The van der Waals surface area contributed by atoms with Gasteiger partial charge in [-0.3, -0.25) is 0 Å². The van der Waals surface area contributed by atoms with E-state index in [4.69, 9.17) is 23.2 Å². The molecule has 0 aliphatic carbocycles. The maximum atomic E-state index is 9.95. The first-order valence-electron chi connectivity index (χ1n) is 7.37. The maximum Gasteiger partial charge on any atom is 0.109 e. The molecule has 130 valence electrons. The molecule has 2 heterocycles. The summed E-state index contributed by atoms with van der Waals surface area (Å²) in [6.45, 7) is 1.86. The van der Waals surface area contributed by atoms with Crippen LogP contribution in [0, 0.1) is 0 Å². The van der Waals surface area contributed by atoms with Crippen molar-refractivity contribution in [3.63, 3.8) is 0 Å². The summed E-state index contributed by atoms with van der Waals surface area (Å²) < 4.78 is 2.09. The van der Waals surface area contributed by atoms with Crippen molar-refractivity contribution >= 4 is 59.0 Å². The zero-order chi connectivity index (χ0) is 14.8. The van der Waals surface area contributed by atoms with Gasteiger partial charge in [-0.05, 0) is 44.4 Å². The van der Waals surface area contributed by atoms with E-state index in [2.05, 4.69) is 14.9 Å². The van der Waals surface area contributed by atoms with Gasteiger partial charge < -0.3 is 15.0 Å². The molecule has 4 nitrogen and oxygen atoms in total. The van der Waals surface area contributed by atoms with Crippen molar-refractivity contribution in [1.82, 2.24) is 14.9 Å². The molecule has 1 fully saturated rings. The summed E-state index contributed by atoms with van der Waals surface area (Å²) in [6, 6.07) is 3.97. The zero-order valence-electron chi connectivity index (χ0n) is 12.5.